The lowest BCUT2D eigenvalue weighted by atomic mass is 10.3. The number of halogens is 1. The first-order valence-electron chi connectivity index (χ1n) is 8.32. The standard InChI is InChI=1S/C19H18FN3O4/c1-22(12-17(24)21-14-6-4-5-13(20)11-14)18(25)9-10-23-15-7-2-3-8-16(15)27-19(23)26/h2-8,11H,9-10,12H2,1H3,(H,21,24). The minimum Gasteiger partial charge on any atom is -0.408 e. The number of para-hydroxylation sites is 2. The Bertz CT molecular complexity index is 1040. The highest BCUT2D eigenvalue weighted by atomic mass is 19.1. The summed E-state index contributed by atoms with van der Waals surface area (Å²) in [6.07, 6.45) is 0.0349. The van der Waals surface area contributed by atoms with Crippen LogP contribution in [0.4, 0.5) is 10.1 Å². The number of oxazole rings is 1. The Kier molecular flexibility index (Phi) is 5.35. The number of fused-ring (bicyclic) bond motifs is 1. The van der Waals surface area contributed by atoms with Crippen molar-refractivity contribution in [1.82, 2.24) is 9.47 Å². The molecular formula is C19H18FN3O4. The highest BCUT2D eigenvalue weighted by molar-refractivity contribution is 5.94. The molecule has 0 saturated carbocycles. The SMILES string of the molecule is CN(CC(=O)Nc1cccc(F)c1)C(=O)CCn1c(=O)oc2ccccc21. The van der Waals surface area contributed by atoms with Gasteiger partial charge >= 0.3 is 5.76 Å². The third-order valence-corrected chi connectivity index (χ3v) is 4.04. The van der Waals surface area contributed by atoms with Crippen molar-refractivity contribution in [3.8, 4) is 0 Å². The number of hydrogen-bond donors (Lipinski definition) is 1. The van der Waals surface area contributed by atoms with Crippen LogP contribution in [0.3, 0.4) is 0 Å². The fourth-order valence-corrected chi connectivity index (χ4v) is 2.69. The summed E-state index contributed by atoms with van der Waals surface area (Å²) in [5, 5.41) is 2.53. The predicted octanol–water partition coefficient (Wildman–Crippen LogP) is 2.22. The average molecular weight is 371 g/mol. The summed E-state index contributed by atoms with van der Waals surface area (Å²) in [4.78, 5) is 37.4. The number of carbonyl (C=O) groups is 2. The summed E-state index contributed by atoms with van der Waals surface area (Å²) in [5.74, 6) is -1.74. The predicted molar refractivity (Wildman–Crippen MR) is 97.8 cm³/mol. The zero-order valence-electron chi connectivity index (χ0n) is 14.6. The number of likely N-dealkylation sites (N-methyl/N-ethyl adjacent to an activating group) is 1. The number of nitrogens with one attached hydrogen (secondary N) is 1. The molecule has 27 heavy (non-hydrogen) atoms. The summed E-state index contributed by atoms with van der Waals surface area (Å²) < 4.78 is 19.6. The van der Waals surface area contributed by atoms with Crippen molar-refractivity contribution in [2.24, 2.45) is 0 Å². The Morgan fingerprint density at radius 2 is 1.96 bits per heavy atom. The third-order valence-electron chi connectivity index (χ3n) is 4.04. The Balaban J connectivity index is 1.56. The molecule has 2 aromatic carbocycles. The van der Waals surface area contributed by atoms with Crippen LogP contribution in [0.2, 0.25) is 0 Å². The molecule has 0 aliphatic carbocycles. The maximum absolute atomic E-state index is 13.1. The van der Waals surface area contributed by atoms with E-state index in [2.05, 4.69) is 5.32 Å². The van der Waals surface area contributed by atoms with Crippen LogP contribution in [0.25, 0.3) is 11.1 Å². The Hall–Kier alpha value is -3.42. The summed E-state index contributed by atoms with van der Waals surface area (Å²) in [7, 11) is 1.49. The summed E-state index contributed by atoms with van der Waals surface area (Å²) in [6, 6.07) is 12.4. The van der Waals surface area contributed by atoms with Crippen molar-refractivity contribution in [2.45, 2.75) is 13.0 Å². The van der Waals surface area contributed by atoms with E-state index in [1.54, 1.807) is 30.3 Å². The minimum absolute atomic E-state index is 0.0349. The van der Waals surface area contributed by atoms with Gasteiger partial charge in [0, 0.05) is 25.7 Å². The Morgan fingerprint density at radius 3 is 2.74 bits per heavy atom. The molecule has 0 aliphatic rings. The molecule has 0 spiro atoms. The van der Waals surface area contributed by atoms with Crippen molar-refractivity contribution in [2.75, 3.05) is 18.9 Å². The summed E-state index contributed by atoms with van der Waals surface area (Å²) >= 11 is 0. The third kappa shape index (κ3) is 4.41. The largest absolute Gasteiger partial charge is 0.419 e. The number of carbonyl (C=O) groups excluding carboxylic acids is 2. The number of nitrogens with zero attached hydrogens (tertiary/aromatic N) is 2. The van der Waals surface area contributed by atoms with Crippen LogP contribution in [-0.4, -0.2) is 34.9 Å². The second-order valence-corrected chi connectivity index (χ2v) is 6.05. The highest BCUT2D eigenvalue weighted by Gasteiger charge is 2.15. The van der Waals surface area contributed by atoms with Gasteiger partial charge in [-0.15, -0.1) is 0 Å². The van der Waals surface area contributed by atoms with E-state index in [0.29, 0.717) is 16.8 Å². The van der Waals surface area contributed by atoms with Gasteiger partial charge in [0.2, 0.25) is 11.8 Å². The van der Waals surface area contributed by atoms with Crippen molar-refractivity contribution >= 4 is 28.6 Å². The number of amides is 2. The molecule has 0 fully saturated rings. The molecule has 8 heteroatoms. The van der Waals surface area contributed by atoms with Gasteiger partial charge in [0.1, 0.15) is 5.82 Å². The lowest BCUT2D eigenvalue weighted by Crippen LogP contribution is -2.35. The van der Waals surface area contributed by atoms with Crippen molar-refractivity contribution in [3.63, 3.8) is 0 Å². The van der Waals surface area contributed by atoms with E-state index in [1.165, 1.54) is 34.7 Å². The molecule has 1 heterocycles. The maximum atomic E-state index is 13.1. The molecule has 0 aliphatic heterocycles. The van der Waals surface area contributed by atoms with Gasteiger partial charge in [0.25, 0.3) is 0 Å². The molecule has 0 atom stereocenters. The van der Waals surface area contributed by atoms with E-state index in [9.17, 15) is 18.8 Å². The number of benzene rings is 2. The molecular weight excluding hydrogens is 353 g/mol. The lowest BCUT2D eigenvalue weighted by Gasteiger charge is -2.17. The molecule has 1 aromatic heterocycles. The van der Waals surface area contributed by atoms with Gasteiger partial charge in [-0.3, -0.25) is 14.2 Å². The summed E-state index contributed by atoms with van der Waals surface area (Å²) in [6.45, 7) is -0.0408. The number of anilines is 1. The van der Waals surface area contributed by atoms with Gasteiger partial charge in [-0.2, -0.15) is 0 Å². The van der Waals surface area contributed by atoms with Crippen LogP contribution in [-0.2, 0) is 16.1 Å². The van der Waals surface area contributed by atoms with Gasteiger partial charge in [0.15, 0.2) is 5.58 Å². The van der Waals surface area contributed by atoms with Gasteiger partial charge in [0.05, 0.1) is 12.1 Å². The quantitative estimate of drug-likeness (QED) is 0.720. The molecule has 1 N–H and O–H groups in total. The zero-order chi connectivity index (χ0) is 19.4. The summed E-state index contributed by atoms with van der Waals surface area (Å²) in [5.41, 5.74) is 1.39. The van der Waals surface area contributed by atoms with E-state index < -0.39 is 17.5 Å². The van der Waals surface area contributed by atoms with Crippen LogP contribution in [0.5, 0.6) is 0 Å². The van der Waals surface area contributed by atoms with E-state index in [4.69, 9.17) is 4.42 Å². The lowest BCUT2D eigenvalue weighted by molar-refractivity contribution is -0.133. The molecule has 7 nitrogen and oxygen atoms in total. The molecule has 2 amide bonds. The van der Waals surface area contributed by atoms with Gasteiger partial charge in [-0.05, 0) is 30.3 Å². The average Bonchev–Trinajstić information content (AvgIpc) is 2.94. The first kappa shape index (κ1) is 18.4. The zero-order valence-corrected chi connectivity index (χ0v) is 14.6. The molecule has 0 radical (unpaired) electrons. The highest BCUT2D eigenvalue weighted by Crippen LogP contribution is 2.12. The molecule has 3 aromatic rings. The van der Waals surface area contributed by atoms with Crippen molar-refractivity contribution in [3.05, 3.63) is 64.9 Å². The van der Waals surface area contributed by atoms with E-state index >= 15 is 0 Å². The maximum Gasteiger partial charge on any atom is 0.419 e. The second-order valence-electron chi connectivity index (χ2n) is 6.05. The monoisotopic (exact) mass is 371 g/mol. The van der Waals surface area contributed by atoms with E-state index in [0.717, 1.165) is 0 Å². The molecule has 0 saturated heterocycles. The fourth-order valence-electron chi connectivity index (χ4n) is 2.69. The van der Waals surface area contributed by atoms with Crippen molar-refractivity contribution < 1.29 is 18.4 Å². The van der Waals surface area contributed by atoms with Crippen LogP contribution in [0.1, 0.15) is 6.42 Å². The first-order chi connectivity index (χ1) is 12.9. The van der Waals surface area contributed by atoms with Gasteiger partial charge in [-0.1, -0.05) is 18.2 Å². The second kappa shape index (κ2) is 7.86. The minimum atomic E-state index is -0.532. The molecule has 140 valence electrons. The van der Waals surface area contributed by atoms with E-state index in [1.807, 2.05) is 0 Å². The van der Waals surface area contributed by atoms with Crippen LogP contribution >= 0.6 is 0 Å². The number of aromatic nitrogens is 1. The molecule has 0 bridgehead atoms. The topological polar surface area (TPSA) is 84.5 Å². The number of rotatable bonds is 6. The van der Waals surface area contributed by atoms with Crippen LogP contribution in [0, 0.1) is 5.82 Å². The fraction of sp³-hybridized carbons (Fsp3) is 0.211. The molecule has 0 unspecified atom stereocenters. The number of hydrogen-bond acceptors (Lipinski definition) is 4. The van der Waals surface area contributed by atoms with Crippen LogP contribution in [0.15, 0.2) is 57.7 Å². The number of aryl methyl sites for hydroxylation is 1. The van der Waals surface area contributed by atoms with Gasteiger partial charge in [-0.25, -0.2) is 9.18 Å². The van der Waals surface area contributed by atoms with E-state index in [-0.39, 0.29) is 25.4 Å². The van der Waals surface area contributed by atoms with Crippen molar-refractivity contribution in [1.29, 1.82) is 0 Å². The Morgan fingerprint density at radius 1 is 1.19 bits per heavy atom. The first-order valence-corrected chi connectivity index (χ1v) is 8.32. The molecule has 3 rings (SSSR count). The van der Waals surface area contributed by atoms with Crippen LogP contribution < -0.4 is 11.1 Å². The normalized spacial score (nSPS) is 10.7. The van der Waals surface area contributed by atoms with Gasteiger partial charge < -0.3 is 14.6 Å². The smallest absolute Gasteiger partial charge is 0.408 e. The Labute approximate surface area is 154 Å².